The normalized spacial score (nSPS) is 19.8. The van der Waals surface area contributed by atoms with Crippen molar-refractivity contribution in [1.82, 2.24) is 30.3 Å². The molecule has 0 bridgehead atoms. The van der Waals surface area contributed by atoms with Gasteiger partial charge in [-0.1, -0.05) is 32.0 Å². The molecule has 2 aliphatic carbocycles. The number of thioether (sulfide) groups is 1. The number of carbonyl (C=O) groups is 2. The molecule has 2 aliphatic heterocycles. The second-order valence-corrected chi connectivity index (χ2v) is 15.0. The number of para-hydroxylation sites is 1. The molecule has 1 aromatic carbocycles. The number of aliphatic hydroxyl groups is 2. The lowest BCUT2D eigenvalue weighted by Gasteiger charge is -2.47. The molecule has 0 radical (unpaired) electrons. The summed E-state index contributed by atoms with van der Waals surface area (Å²) in [5, 5.41) is 37.0. The van der Waals surface area contributed by atoms with E-state index in [4.69, 9.17) is 16.6 Å². The smallest absolute Gasteiger partial charge is 0.271 e. The Morgan fingerprint density at radius 3 is 2.49 bits per heavy atom. The maximum atomic E-state index is 13.1. The number of hydrogen-bond donors (Lipinski definition) is 7. The highest BCUT2D eigenvalue weighted by Gasteiger charge is 2.46. The number of pyridine rings is 1. The van der Waals surface area contributed by atoms with E-state index in [0.717, 1.165) is 65.4 Å². The first kappa shape index (κ1) is 34.9. The van der Waals surface area contributed by atoms with E-state index in [1.165, 1.54) is 6.08 Å². The topological polar surface area (TPSA) is 200 Å². The Kier molecular flexibility index (Phi) is 9.48. The molecule has 2 aromatic heterocycles. The van der Waals surface area contributed by atoms with Crippen LogP contribution in [-0.4, -0.2) is 73.6 Å². The number of carbonyl (C=O) groups excluding carboxylic acids is 2. The number of aromatic nitrogens is 3. The van der Waals surface area contributed by atoms with Crippen LogP contribution in [0.4, 0.5) is 11.4 Å². The molecule has 2 amide bonds. The third-order valence-electron chi connectivity index (χ3n) is 9.92. The highest BCUT2D eigenvalue weighted by molar-refractivity contribution is 7.99. The molecule has 4 heterocycles. The molecule has 0 spiro atoms. The zero-order valence-corrected chi connectivity index (χ0v) is 29.9. The summed E-state index contributed by atoms with van der Waals surface area (Å²) in [6.45, 7) is 4.90. The van der Waals surface area contributed by atoms with E-state index in [0.29, 0.717) is 18.8 Å². The fraction of sp³-hybridized carbons (Fsp3) is 0.444. The standard InChI is InChI=1S/C36H46N10O4S/c1-4-27-33-24(17-39-46(33)22-18-45(19-22)36(49,50)28-10-7-11-30(42-28)51-5-2)23-8-6-9-25(32(23)44(27)3)41-26(31(38)35(48)40-21-14-15-21)16-29(37)43-34(47)20-12-13-20/h6-11,16-17,20-22,27,41,49-50H,4-5,12-15,18-19,37-38H2,1-3H3,(H,40,48)(H,43,47)/b29-16+,31-26+. The van der Waals surface area contributed by atoms with E-state index in [2.05, 4.69) is 32.8 Å². The van der Waals surface area contributed by atoms with Crippen molar-refractivity contribution in [3.63, 3.8) is 0 Å². The van der Waals surface area contributed by atoms with Crippen molar-refractivity contribution in [1.29, 1.82) is 0 Å². The SMILES string of the molecule is CCSc1cccc(C(O)(O)N2CC(n3ncc4c3C(CC)N(C)c3c(NC(/C=C(\N)NC(=O)C5CC5)=C(/N)C(=O)NC5CC5)cccc3-4)C2)n1. The van der Waals surface area contributed by atoms with Crippen LogP contribution >= 0.6 is 11.8 Å². The summed E-state index contributed by atoms with van der Waals surface area (Å²) in [7, 11) is 2.03. The molecule has 2 saturated carbocycles. The number of allylic oxidation sites excluding steroid dienone is 1. The van der Waals surface area contributed by atoms with Gasteiger partial charge in [0, 0.05) is 49.3 Å². The Bertz CT molecular complexity index is 1890. The second-order valence-electron chi connectivity index (χ2n) is 13.7. The average Bonchev–Trinajstić information content (AvgIpc) is 4.03. The summed E-state index contributed by atoms with van der Waals surface area (Å²) in [5.41, 5.74) is 17.7. The number of rotatable bonds is 13. The summed E-state index contributed by atoms with van der Waals surface area (Å²) in [6, 6.07) is 11.1. The first-order valence-corrected chi connectivity index (χ1v) is 18.6. The molecule has 1 atom stereocenters. The van der Waals surface area contributed by atoms with E-state index in [1.54, 1.807) is 28.8 Å². The molecule has 1 saturated heterocycles. The minimum Gasteiger partial charge on any atom is -0.393 e. The van der Waals surface area contributed by atoms with Gasteiger partial charge in [0.05, 0.1) is 46.1 Å². The molecule has 51 heavy (non-hydrogen) atoms. The molecule has 7 rings (SSSR count). The number of likely N-dealkylation sites (tertiary alicyclic amines) is 1. The number of fused-ring (bicyclic) bond motifs is 3. The van der Waals surface area contributed by atoms with Crippen LogP contribution in [0.5, 0.6) is 0 Å². The van der Waals surface area contributed by atoms with E-state index in [-0.39, 0.29) is 52.9 Å². The number of benzene rings is 1. The van der Waals surface area contributed by atoms with Gasteiger partial charge in [-0.25, -0.2) is 9.88 Å². The zero-order chi connectivity index (χ0) is 36.0. The Balaban J connectivity index is 1.17. The largest absolute Gasteiger partial charge is 0.393 e. The van der Waals surface area contributed by atoms with Gasteiger partial charge in [0.25, 0.3) is 11.8 Å². The van der Waals surface area contributed by atoms with Gasteiger partial charge in [0.15, 0.2) is 0 Å². The Labute approximate surface area is 301 Å². The summed E-state index contributed by atoms with van der Waals surface area (Å²) < 4.78 is 2.02. The predicted octanol–water partition coefficient (Wildman–Crippen LogP) is 2.80. The van der Waals surface area contributed by atoms with E-state index in [9.17, 15) is 19.8 Å². The van der Waals surface area contributed by atoms with Crippen molar-refractivity contribution in [2.75, 3.05) is 36.1 Å². The molecular weight excluding hydrogens is 669 g/mol. The van der Waals surface area contributed by atoms with Crippen LogP contribution in [0.1, 0.15) is 69.4 Å². The summed E-state index contributed by atoms with van der Waals surface area (Å²) in [6.07, 6.45) is 7.62. The highest BCUT2D eigenvalue weighted by Crippen LogP contribution is 2.50. The Hall–Kier alpha value is -4.57. The monoisotopic (exact) mass is 714 g/mol. The minimum absolute atomic E-state index is 0.0356. The molecular formula is C36H46N10O4S. The van der Waals surface area contributed by atoms with Gasteiger partial charge >= 0.3 is 0 Å². The van der Waals surface area contributed by atoms with Crippen molar-refractivity contribution in [3.05, 3.63) is 77.3 Å². The summed E-state index contributed by atoms with van der Waals surface area (Å²) in [4.78, 5) is 33.8. The number of anilines is 2. The molecule has 270 valence electrons. The molecule has 14 nitrogen and oxygen atoms in total. The van der Waals surface area contributed by atoms with Crippen LogP contribution in [0.3, 0.4) is 0 Å². The van der Waals surface area contributed by atoms with Crippen molar-refractivity contribution in [2.45, 2.75) is 75.0 Å². The van der Waals surface area contributed by atoms with Gasteiger partial charge < -0.3 is 42.5 Å². The minimum atomic E-state index is -2.21. The molecule has 1 unspecified atom stereocenters. The van der Waals surface area contributed by atoms with E-state index < -0.39 is 11.8 Å². The molecule has 9 N–H and O–H groups in total. The van der Waals surface area contributed by atoms with Gasteiger partial charge in [-0.3, -0.25) is 14.3 Å². The fourth-order valence-corrected chi connectivity index (χ4v) is 7.46. The third-order valence-corrected chi connectivity index (χ3v) is 10.7. The van der Waals surface area contributed by atoms with Crippen LogP contribution in [0.15, 0.2) is 70.9 Å². The number of nitrogens with one attached hydrogen (secondary N) is 3. The number of nitrogens with zero attached hydrogens (tertiary/aromatic N) is 5. The molecule has 4 aliphatic rings. The van der Waals surface area contributed by atoms with Gasteiger partial charge in [-0.15, -0.1) is 11.8 Å². The lowest BCUT2D eigenvalue weighted by Crippen LogP contribution is -2.59. The van der Waals surface area contributed by atoms with Gasteiger partial charge in [0.2, 0.25) is 5.91 Å². The first-order valence-electron chi connectivity index (χ1n) is 17.6. The summed E-state index contributed by atoms with van der Waals surface area (Å²) >= 11 is 1.55. The van der Waals surface area contributed by atoms with Crippen molar-refractivity contribution >= 4 is 35.0 Å². The van der Waals surface area contributed by atoms with Gasteiger partial charge in [-0.05, 0) is 56.1 Å². The van der Waals surface area contributed by atoms with E-state index >= 15 is 0 Å². The molecule has 3 fully saturated rings. The lowest BCUT2D eigenvalue weighted by molar-refractivity contribution is -0.302. The fourth-order valence-electron chi connectivity index (χ4n) is 6.83. The van der Waals surface area contributed by atoms with E-state index in [1.807, 2.05) is 49.1 Å². The van der Waals surface area contributed by atoms with Crippen LogP contribution in [0, 0.1) is 5.92 Å². The van der Waals surface area contributed by atoms with Crippen molar-refractivity contribution < 1.29 is 19.8 Å². The zero-order valence-electron chi connectivity index (χ0n) is 29.1. The first-order chi connectivity index (χ1) is 24.5. The highest BCUT2D eigenvalue weighted by atomic mass is 32.2. The number of amides is 2. The lowest BCUT2D eigenvalue weighted by atomic mass is 9.91. The van der Waals surface area contributed by atoms with Crippen LogP contribution in [-0.2, 0) is 15.5 Å². The summed E-state index contributed by atoms with van der Waals surface area (Å²) in [5.74, 6) is -1.87. The maximum absolute atomic E-state index is 13.1. The molecule has 15 heteroatoms. The third kappa shape index (κ3) is 6.90. The Morgan fingerprint density at radius 1 is 1.06 bits per heavy atom. The van der Waals surface area contributed by atoms with Gasteiger partial charge in [0.1, 0.15) is 17.2 Å². The van der Waals surface area contributed by atoms with Crippen molar-refractivity contribution in [2.24, 2.45) is 17.4 Å². The van der Waals surface area contributed by atoms with Gasteiger partial charge in [-0.2, -0.15) is 5.10 Å². The number of nitrogens with two attached hydrogens (primary N) is 2. The molecule has 3 aromatic rings. The quantitative estimate of drug-likeness (QED) is 0.0592. The maximum Gasteiger partial charge on any atom is 0.271 e. The predicted molar refractivity (Wildman–Crippen MR) is 196 cm³/mol. The van der Waals surface area contributed by atoms with Crippen molar-refractivity contribution in [3.8, 4) is 11.1 Å². The van der Waals surface area contributed by atoms with Crippen LogP contribution < -0.4 is 32.3 Å². The Morgan fingerprint density at radius 2 is 1.80 bits per heavy atom. The number of hydrogen-bond acceptors (Lipinski definition) is 12. The second kappa shape index (κ2) is 13.9. The van der Waals surface area contributed by atoms with Crippen LogP contribution in [0.25, 0.3) is 11.1 Å². The van der Waals surface area contributed by atoms with Crippen LogP contribution in [0.2, 0.25) is 0 Å². The average molecular weight is 715 g/mol.